The molecular weight excluding hydrogens is 425 g/mol. The summed E-state index contributed by atoms with van der Waals surface area (Å²) in [7, 11) is 1.45. The number of halogens is 3. The van der Waals surface area contributed by atoms with E-state index in [-0.39, 0.29) is 50.0 Å². The van der Waals surface area contributed by atoms with E-state index < -0.39 is 30.2 Å². The molecule has 0 saturated heterocycles. The molecular formula is C23H29F3N2O4. The van der Waals surface area contributed by atoms with Crippen molar-refractivity contribution >= 4 is 0 Å². The largest absolute Gasteiger partial charge is 0.476 e. The lowest BCUT2D eigenvalue weighted by Crippen LogP contribution is -2.37. The first kappa shape index (κ1) is 24.3. The van der Waals surface area contributed by atoms with Crippen LogP contribution in [0.1, 0.15) is 53.8 Å². The van der Waals surface area contributed by atoms with E-state index in [0.29, 0.717) is 11.3 Å². The van der Waals surface area contributed by atoms with Gasteiger partial charge >= 0.3 is 0 Å². The molecule has 0 unspecified atom stereocenters. The monoisotopic (exact) mass is 454 g/mol. The maximum Gasteiger partial charge on any atom is 0.248 e. The maximum absolute atomic E-state index is 14.7. The molecule has 0 spiro atoms. The highest BCUT2D eigenvalue weighted by molar-refractivity contribution is 5.45. The van der Waals surface area contributed by atoms with E-state index in [2.05, 4.69) is 4.98 Å². The van der Waals surface area contributed by atoms with E-state index >= 15 is 0 Å². The van der Waals surface area contributed by atoms with E-state index in [1.165, 1.54) is 7.11 Å². The van der Waals surface area contributed by atoms with Crippen LogP contribution in [0.4, 0.5) is 13.2 Å². The molecule has 2 aromatic rings. The van der Waals surface area contributed by atoms with Crippen molar-refractivity contribution in [3.63, 3.8) is 0 Å². The van der Waals surface area contributed by atoms with Crippen LogP contribution in [0.25, 0.3) is 0 Å². The summed E-state index contributed by atoms with van der Waals surface area (Å²) in [5, 5.41) is 11.2. The zero-order valence-electron chi connectivity index (χ0n) is 18.5. The Kier molecular flexibility index (Phi) is 7.32. The molecule has 32 heavy (non-hydrogen) atoms. The van der Waals surface area contributed by atoms with E-state index in [1.54, 1.807) is 25.1 Å². The van der Waals surface area contributed by atoms with E-state index in [9.17, 15) is 18.3 Å². The first-order valence-electron chi connectivity index (χ1n) is 10.4. The molecule has 1 aromatic heterocycles. The van der Waals surface area contributed by atoms with Gasteiger partial charge in [-0.1, -0.05) is 0 Å². The van der Waals surface area contributed by atoms with Crippen molar-refractivity contribution in [2.45, 2.75) is 57.5 Å². The van der Waals surface area contributed by atoms with Crippen molar-refractivity contribution in [1.82, 2.24) is 4.98 Å². The number of nitrogens with two attached hydrogens (primary N) is 1. The summed E-state index contributed by atoms with van der Waals surface area (Å²) in [4.78, 5) is 4.59. The van der Waals surface area contributed by atoms with E-state index in [4.69, 9.17) is 19.9 Å². The fourth-order valence-electron chi connectivity index (χ4n) is 4.03. The molecule has 0 atom stereocenters. The summed E-state index contributed by atoms with van der Waals surface area (Å²) in [6, 6.07) is 4.92. The van der Waals surface area contributed by atoms with Crippen LogP contribution in [0, 0.1) is 19.7 Å². The number of aliphatic hydroxyl groups is 1. The smallest absolute Gasteiger partial charge is 0.248 e. The van der Waals surface area contributed by atoms with Gasteiger partial charge in [0.25, 0.3) is 0 Å². The zero-order valence-corrected chi connectivity index (χ0v) is 18.5. The molecule has 0 aliphatic heterocycles. The normalized spacial score (nSPS) is 17.2. The van der Waals surface area contributed by atoms with Crippen molar-refractivity contribution in [2.24, 2.45) is 5.73 Å². The SMILES string of the molecule is COCOc1ccc(Cc2c(C)cc(OCN)c(F)c2C)nc1C1(O)CCC(F)(F)CC1. The predicted octanol–water partition coefficient (Wildman–Crippen LogP) is 4.10. The van der Waals surface area contributed by atoms with Crippen LogP contribution in [-0.2, 0) is 16.8 Å². The van der Waals surface area contributed by atoms with Crippen molar-refractivity contribution in [3.05, 3.63) is 52.1 Å². The Morgan fingerprint density at radius 1 is 1.09 bits per heavy atom. The molecule has 1 heterocycles. The number of alkyl halides is 2. The van der Waals surface area contributed by atoms with Gasteiger partial charge in [-0.25, -0.2) is 13.2 Å². The number of methoxy groups -OCH3 is 1. The van der Waals surface area contributed by atoms with Crippen molar-refractivity contribution in [3.8, 4) is 11.5 Å². The second-order valence-electron chi connectivity index (χ2n) is 8.18. The lowest BCUT2D eigenvalue weighted by Gasteiger charge is -2.36. The molecule has 9 heteroatoms. The molecule has 6 nitrogen and oxygen atoms in total. The molecule has 1 fully saturated rings. The van der Waals surface area contributed by atoms with Gasteiger partial charge in [0.15, 0.2) is 18.4 Å². The van der Waals surface area contributed by atoms with Crippen LogP contribution in [0.3, 0.4) is 0 Å². The molecule has 1 aliphatic rings. The average molecular weight is 454 g/mol. The third-order valence-corrected chi connectivity index (χ3v) is 5.92. The number of aryl methyl sites for hydroxylation is 1. The highest BCUT2D eigenvalue weighted by Crippen LogP contribution is 2.45. The predicted molar refractivity (Wildman–Crippen MR) is 112 cm³/mol. The Labute approximate surface area is 185 Å². The Bertz CT molecular complexity index is 959. The first-order chi connectivity index (χ1) is 15.1. The summed E-state index contributed by atoms with van der Waals surface area (Å²) < 4.78 is 57.8. The van der Waals surface area contributed by atoms with Crippen LogP contribution in [-0.4, -0.2) is 36.6 Å². The number of hydrogen-bond donors (Lipinski definition) is 2. The van der Waals surface area contributed by atoms with E-state index in [1.807, 2.05) is 6.92 Å². The molecule has 0 bridgehead atoms. The third-order valence-electron chi connectivity index (χ3n) is 5.92. The number of ether oxygens (including phenoxy) is 3. The van der Waals surface area contributed by atoms with Crippen molar-refractivity contribution < 1.29 is 32.5 Å². The molecule has 176 valence electrons. The fraction of sp³-hybridized carbons (Fsp3) is 0.522. The number of benzene rings is 1. The van der Waals surface area contributed by atoms with Crippen LogP contribution < -0.4 is 15.2 Å². The van der Waals surface area contributed by atoms with Gasteiger partial charge in [-0.2, -0.15) is 0 Å². The fourth-order valence-corrected chi connectivity index (χ4v) is 4.03. The summed E-state index contributed by atoms with van der Waals surface area (Å²) >= 11 is 0. The van der Waals surface area contributed by atoms with Crippen LogP contribution in [0.2, 0.25) is 0 Å². The van der Waals surface area contributed by atoms with Gasteiger partial charge in [0, 0.05) is 32.1 Å². The van der Waals surface area contributed by atoms with Crippen molar-refractivity contribution in [1.29, 1.82) is 0 Å². The minimum Gasteiger partial charge on any atom is -0.476 e. The average Bonchev–Trinajstić information content (AvgIpc) is 2.76. The van der Waals surface area contributed by atoms with Crippen LogP contribution in [0.5, 0.6) is 11.5 Å². The maximum atomic E-state index is 14.7. The summed E-state index contributed by atoms with van der Waals surface area (Å²) in [6.07, 6.45) is -0.882. The summed E-state index contributed by atoms with van der Waals surface area (Å²) in [6.45, 7) is 3.26. The molecule has 1 saturated carbocycles. The Balaban J connectivity index is 1.97. The molecule has 0 amide bonds. The van der Waals surface area contributed by atoms with Gasteiger partial charge in [0.2, 0.25) is 5.92 Å². The molecule has 0 radical (unpaired) electrons. The first-order valence-corrected chi connectivity index (χ1v) is 10.4. The lowest BCUT2D eigenvalue weighted by atomic mass is 9.80. The number of nitrogens with zero attached hydrogens (tertiary/aromatic N) is 1. The third kappa shape index (κ3) is 5.16. The van der Waals surface area contributed by atoms with Gasteiger partial charge in [-0.15, -0.1) is 0 Å². The molecule has 3 rings (SSSR count). The minimum absolute atomic E-state index is 0.0771. The highest BCUT2D eigenvalue weighted by atomic mass is 19.3. The van der Waals surface area contributed by atoms with Gasteiger partial charge < -0.3 is 19.3 Å². The molecule has 1 aromatic carbocycles. The summed E-state index contributed by atoms with van der Waals surface area (Å²) in [5.41, 5.74) is 6.49. The van der Waals surface area contributed by atoms with E-state index in [0.717, 1.165) is 11.1 Å². The highest BCUT2D eigenvalue weighted by Gasteiger charge is 2.45. The Hall–Kier alpha value is -2.36. The topological polar surface area (TPSA) is 86.8 Å². The van der Waals surface area contributed by atoms with Crippen LogP contribution >= 0.6 is 0 Å². The quantitative estimate of drug-likeness (QED) is 0.584. The van der Waals surface area contributed by atoms with Gasteiger partial charge in [0.05, 0.1) is 0 Å². The molecule has 1 aliphatic carbocycles. The minimum atomic E-state index is -2.81. The van der Waals surface area contributed by atoms with Crippen LogP contribution in [0.15, 0.2) is 18.2 Å². The van der Waals surface area contributed by atoms with Gasteiger partial charge in [-0.05, 0) is 61.6 Å². The number of aromatic nitrogens is 1. The number of pyridine rings is 1. The summed E-state index contributed by atoms with van der Waals surface area (Å²) in [5.74, 6) is -2.95. The Morgan fingerprint density at radius 3 is 2.41 bits per heavy atom. The number of hydrogen-bond acceptors (Lipinski definition) is 6. The van der Waals surface area contributed by atoms with Gasteiger partial charge in [-0.3, -0.25) is 10.7 Å². The number of rotatable bonds is 8. The molecule has 3 N–H and O–H groups in total. The second kappa shape index (κ2) is 9.64. The lowest BCUT2D eigenvalue weighted by molar-refractivity contribution is -0.109. The van der Waals surface area contributed by atoms with Crippen molar-refractivity contribution in [2.75, 3.05) is 20.6 Å². The van der Waals surface area contributed by atoms with Gasteiger partial charge in [0.1, 0.15) is 23.8 Å². The zero-order chi connectivity index (χ0) is 23.5. The standard InChI is InChI=1S/C23H29F3N2O4/c1-14-10-19(31-12-27)20(24)15(2)17(14)11-16-4-5-18(32-13-30-3)21(28-16)22(29)6-8-23(25,26)9-7-22/h4-5,10,29H,6-9,11-13,27H2,1-3H3. The second-order valence-corrected chi connectivity index (χ2v) is 8.18. The Morgan fingerprint density at radius 2 is 1.78 bits per heavy atom.